The minimum absolute atomic E-state index is 0.0493. The molecule has 0 spiro atoms. The molecule has 2 rings (SSSR count). The first-order chi connectivity index (χ1) is 9.61. The lowest BCUT2D eigenvalue weighted by molar-refractivity contribution is 0.195. The van der Waals surface area contributed by atoms with Crippen LogP contribution in [0, 0.1) is 0 Å². The zero-order valence-electron chi connectivity index (χ0n) is 11.1. The Bertz CT molecular complexity index is 499. The summed E-state index contributed by atoms with van der Waals surface area (Å²) in [6.07, 6.45) is 1.67. The van der Waals surface area contributed by atoms with Gasteiger partial charge in [0, 0.05) is 37.7 Å². The van der Waals surface area contributed by atoms with E-state index in [0.29, 0.717) is 29.7 Å². The van der Waals surface area contributed by atoms with Gasteiger partial charge in [-0.1, -0.05) is 29.3 Å². The maximum Gasteiger partial charge on any atom is 0.317 e. The molecule has 1 fully saturated rings. The summed E-state index contributed by atoms with van der Waals surface area (Å²) in [5, 5.41) is 4.05. The van der Waals surface area contributed by atoms with Gasteiger partial charge in [0.25, 0.3) is 0 Å². The van der Waals surface area contributed by atoms with Crippen LogP contribution >= 0.6 is 23.2 Å². The molecule has 2 amide bonds. The molecule has 0 saturated carbocycles. The van der Waals surface area contributed by atoms with Crippen LogP contribution in [0.5, 0.6) is 0 Å². The van der Waals surface area contributed by atoms with E-state index in [2.05, 4.69) is 16.8 Å². The van der Waals surface area contributed by atoms with Gasteiger partial charge < -0.3 is 15.1 Å². The molecule has 0 aromatic heterocycles. The van der Waals surface area contributed by atoms with E-state index in [9.17, 15) is 4.79 Å². The van der Waals surface area contributed by atoms with E-state index in [0.717, 1.165) is 18.8 Å². The largest absolute Gasteiger partial charge is 0.367 e. The molecule has 0 bridgehead atoms. The first-order valence-corrected chi connectivity index (χ1v) is 7.21. The van der Waals surface area contributed by atoms with Crippen molar-refractivity contribution in [3.63, 3.8) is 0 Å². The summed E-state index contributed by atoms with van der Waals surface area (Å²) in [6, 6.07) is 5.43. The number of halogens is 2. The summed E-state index contributed by atoms with van der Waals surface area (Å²) in [5.74, 6) is 0. The average Bonchev–Trinajstić information content (AvgIpc) is 2.45. The molecule has 1 heterocycles. The molecule has 0 aliphatic carbocycles. The standard InChI is InChI=1S/C14H17Cl2N3O/c1-2-5-17-14(20)19-8-6-18(7-9-19)13-4-3-11(15)10-12(13)16/h2-4,10H,1,5-9H2,(H,17,20). The number of carbonyl (C=O) groups excluding carboxylic acids is 1. The molecule has 1 aromatic carbocycles. The number of anilines is 1. The molecule has 4 nitrogen and oxygen atoms in total. The summed E-state index contributed by atoms with van der Waals surface area (Å²) >= 11 is 12.1. The number of nitrogens with one attached hydrogen (secondary N) is 1. The Labute approximate surface area is 128 Å². The topological polar surface area (TPSA) is 35.6 Å². The van der Waals surface area contributed by atoms with E-state index in [1.807, 2.05) is 12.1 Å². The van der Waals surface area contributed by atoms with Gasteiger partial charge in [-0.2, -0.15) is 0 Å². The van der Waals surface area contributed by atoms with Crippen molar-refractivity contribution in [1.82, 2.24) is 10.2 Å². The number of carbonyl (C=O) groups is 1. The van der Waals surface area contributed by atoms with Crippen molar-refractivity contribution in [3.05, 3.63) is 40.9 Å². The molecule has 1 aliphatic rings. The molecule has 6 heteroatoms. The van der Waals surface area contributed by atoms with Gasteiger partial charge in [-0.3, -0.25) is 0 Å². The zero-order valence-corrected chi connectivity index (χ0v) is 12.6. The monoisotopic (exact) mass is 313 g/mol. The average molecular weight is 314 g/mol. The highest BCUT2D eigenvalue weighted by Crippen LogP contribution is 2.29. The highest BCUT2D eigenvalue weighted by atomic mass is 35.5. The summed E-state index contributed by atoms with van der Waals surface area (Å²) in [6.45, 7) is 6.91. The summed E-state index contributed by atoms with van der Waals surface area (Å²) in [4.78, 5) is 15.8. The van der Waals surface area contributed by atoms with E-state index in [1.165, 1.54) is 0 Å². The molecule has 108 valence electrons. The third-order valence-corrected chi connectivity index (χ3v) is 3.75. The van der Waals surface area contributed by atoms with Crippen molar-refractivity contribution in [1.29, 1.82) is 0 Å². The van der Waals surface area contributed by atoms with E-state index in [4.69, 9.17) is 23.2 Å². The molecule has 0 unspecified atom stereocenters. The SMILES string of the molecule is C=CCNC(=O)N1CCN(c2ccc(Cl)cc2Cl)CC1. The first-order valence-electron chi connectivity index (χ1n) is 6.45. The maximum atomic E-state index is 11.8. The van der Waals surface area contributed by atoms with E-state index in [-0.39, 0.29) is 6.03 Å². The minimum atomic E-state index is -0.0493. The Balaban J connectivity index is 1.94. The maximum absolute atomic E-state index is 11.8. The smallest absolute Gasteiger partial charge is 0.317 e. The molecule has 1 aliphatic heterocycles. The van der Waals surface area contributed by atoms with Crippen LogP contribution in [0.15, 0.2) is 30.9 Å². The number of hydrogen-bond acceptors (Lipinski definition) is 2. The van der Waals surface area contributed by atoms with E-state index >= 15 is 0 Å². The molecular formula is C14H17Cl2N3O. The summed E-state index contributed by atoms with van der Waals surface area (Å²) < 4.78 is 0. The molecule has 20 heavy (non-hydrogen) atoms. The summed E-state index contributed by atoms with van der Waals surface area (Å²) in [5.41, 5.74) is 0.960. The predicted octanol–water partition coefficient (Wildman–Crippen LogP) is 3.01. The van der Waals surface area contributed by atoms with Crippen molar-refractivity contribution >= 4 is 34.9 Å². The van der Waals surface area contributed by atoms with Gasteiger partial charge >= 0.3 is 6.03 Å². The lowest BCUT2D eigenvalue weighted by Crippen LogP contribution is -2.52. The van der Waals surface area contributed by atoms with Crippen molar-refractivity contribution in [2.24, 2.45) is 0 Å². The molecule has 1 aromatic rings. The van der Waals surface area contributed by atoms with Crippen LogP contribution in [0.3, 0.4) is 0 Å². The Morgan fingerprint density at radius 2 is 2.00 bits per heavy atom. The number of piperazine rings is 1. The number of amides is 2. The molecule has 0 atom stereocenters. The lowest BCUT2D eigenvalue weighted by Gasteiger charge is -2.36. The Morgan fingerprint density at radius 1 is 1.30 bits per heavy atom. The van der Waals surface area contributed by atoms with Gasteiger partial charge in [-0.05, 0) is 18.2 Å². The van der Waals surface area contributed by atoms with Crippen LogP contribution in [0.1, 0.15) is 0 Å². The highest BCUT2D eigenvalue weighted by Gasteiger charge is 2.21. The fourth-order valence-electron chi connectivity index (χ4n) is 2.16. The Hall–Kier alpha value is -1.39. The Morgan fingerprint density at radius 3 is 2.60 bits per heavy atom. The van der Waals surface area contributed by atoms with E-state index in [1.54, 1.807) is 17.0 Å². The molecular weight excluding hydrogens is 297 g/mol. The van der Waals surface area contributed by atoms with Gasteiger partial charge in [-0.25, -0.2) is 4.79 Å². The fourth-order valence-corrected chi connectivity index (χ4v) is 2.69. The van der Waals surface area contributed by atoms with Crippen molar-refractivity contribution in [2.45, 2.75) is 0 Å². The van der Waals surface area contributed by atoms with Crippen LogP contribution in [0.25, 0.3) is 0 Å². The second-order valence-corrected chi connectivity index (χ2v) is 5.39. The highest BCUT2D eigenvalue weighted by molar-refractivity contribution is 6.36. The number of benzene rings is 1. The third-order valence-electron chi connectivity index (χ3n) is 3.21. The van der Waals surface area contributed by atoms with E-state index < -0.39 is 0 Å². The third kappa shape index (κ3) is 3.58. The van der Waals surface area contributed by atoms with Crippen molar-refractivity contribution in [3.8, 4) is 0 Å². The molecule has 1 N–H and O–H groups in total. The second kappa shape index (κ2) is 6.86. The first kappa shape index (κ1) is 15.0. The van der Waals surface area contributed by atoms with Crippen LogP contribution < -0.4 is 10.2 Å². The fraction of sp³-hybridized carbons (Fsp3) is 0.357. The van der Waals surface area contributed by atoms with Crippen LogP contribution in [-0.2, 0) is 0 Å². The van der Waals surface area contributed by atoms with Crippen molar-refractivity contribution in [2.75, 3.05) is 37.6 Å². The second-order valence-electron chi connectivity index (χ2n) is 4.54. The lowest BCUT2D eigenvalue weighted by atomic mass is 10.2. The van der Waals surface area contributed by atoms with Crippen LogP contribution in [-0.4, -0.2) is 43.7 Å². The minimum Gasteiger partial charge on any atom is -0.367 e. The van der Waals surface area contributed by atoms with Gasteiger partial charge in [0.05, 0.1) is 10.7 Å². The quantitative estimate of drug-likeness (QED) is 0.871. The van der Waals surface area contributed by atoms with Gasteiger partial charge in [0.1, 0.15) is 0 Å². The van der Waals surface area contributed by atoms with Crippen molar-refractivity contribution < 1.29 is 4.79 Å². The predicted molar refractivity (Wildman–Crippen MR) is 83.8 cm³/mol. The van der Waals surface area contributed by atoms with Crippen LogP contribution in [0.2, 0.25) is 10.0 Å². The van der Waals surface area contributed by atoms with Gasteiger partial charge in [0.2, 0.25) is 0 Å². The number of hydrogen-bond donors (Lipinski definition) is 1. The molecule has 0 radical (unpaired) electrons. The zero-order chi connectivity index (χ0) is 14.5. The van der Waals surface area contributed by atoms with Gasteiger partial charge in [-0.15, -0.1) is 6.58 Å². The Kier molecular flexibility index (Phi) is 5.15. The number of urea groups is 1. The normalized spacial score (nSPS) is 15.1. The van der Waals surface area contributed by atoms with Crippen LogP contribution in [0.4, 0.5) is 10.5 Å². The summed E-state index contributed by atoms with van der Waals surface area (Å²) in [7, 11) is 0. The molecule has 1 saturated heterocycles. The number of nitrogens with zero attached hydrogens (tertiary/aromatic N) is 2. The van der Waals surface area contributed by atoms with Gasteiger partial charge in [0.15, 0.2) is 0 Å². The number of rotatable bonds is 3.